The summed E-state index contributed by atoms with van der Waals surface area (Å²) >= 11 is 0. The summed E-state index contributed by atoms with van der Waals surface area (Å²) in [5, 5.41) is 0. The molecule has 0 unspecified atom stereocenters. The molecule has 0 aromatic heterocycles. The summed E-state index contributed by atoms with van der Waals surface area (Å²) in [6.45, 7) is 3.22. The van der Waals surface area contributed by atoms with Crippen molar-refractivity contribution in [3.05, 3.63) is 65.2 Å². The number of carbonyl (C=O) groups excluding carboxylic acids is 2. The molecule has 2 aromatic carbocycles. The molecular formula is C29H38N2O5. The fraction of sp³-hybridized carbons (Fsp3) is 0.448. The van der Waals surface area contributed by atoms with Crippen LogP contribution in [0.4, 0.5) is 11.4 Å². The van der Waals surface area contributed by atoms with Crippen LogP contribution in [-0.4, -0.2) is 37.4 Å². The summed E-state index contributed by atoms with van der Waals surface area (Å²) in [6.07, 6.45) is 10.8. The van der Waals surface area contributed by atoms with Crippen LogP contribution >= 0.6 is 0 Å². The molecule has 0 aliphatic heterocycles. The number of ether oxygens (including phenoxy) is 3. The Labute approximate surface area is 213 Å². The highest BCUT2D eigenvalue weighted by Gasteiger charge is 2.24. The van der Waals surface area contributed by atoms with E-state index in [1.54, 1.807) is 42.5 Å². The molecule has 0 saturated heterocycles. The van der Waals surface area contributed by atoms with E-state index in [9.17, 15) is 9.59 Å². The molecule has 1 aliphatic carbocycles. The molecular weight excluding hydrogens is 456 g/mol. The second-order valence-corrected chi connectivity index (χ2v) is 9.21. The molecule has 2 aromatic rings. The second-order valence-electron chi connectivity index (χ2n) is 9.21. The van der Waals surface area contributed by atoms with Gasteiger partial charge in [0.15, 0.2) is 0 Å². The molecule has 0 bridgehead atoms. The van der Waals surface area contributed by atoms with E-state index < -0.39 is 5.97 Å². The maximum atomic E-state index is 12.5. The fourth-order valence-corrected chi connectivity index (χ4v) is 4.18. The molecule has 1 fully saturated rings. The van der Waals surface area contributed by atoms with Crippen molar-refractivity contribution in [1.29, 1.82) is 0 Å². The van der Waals surface area contributed by atoms with Crippen LogP contribution in [0.5, 0.6) is 0 Å². The lowest BCUT2D eigenvalue weighted by Gasteiger charge is -2.28. The van der Waals surface area contributed by atoms with Gasteiger partial charge >= 0.3 is 11.9 Å². The maximum absolute atomic E-state index is 12.5. The summed E-state index contributed by atoms with van der Waals surface area (Å²) in [6, 6.07) is 12.2. The quantitative estimate of drug-likeness (QED) is 0.177. The fourth-order valence-electron chi connectivity index (χ4n) is 4.18. The molecule has 0 spiro atoms. The standard InChI is InChI=1S/C29H38N2O5/c1-2-3-4-18-34-25-12-14-26(15-13-25)36-29(33)23-8-5-21(6-9-23)7-16-28(32)35-19-17-22-10-11-24(30)20-27(22)31/h5-11,16,20,25-26H,2-4,12-15,17-19,30-31H2,1H3/b16-7+. The first-order chi connectivity index (χ1) is 17.4. The van der Waals surface area contributed by atoms with E-state index in [2.05, 4.69) is 6.92 Å². The first-order valence-electron chi connectivity index (χ1n) is 12.9. The van der Waals surface area contributed by atoms with Gasteiger partial charge in [0, 0.05) is 30.5 Å². The predicted molar refractivity (Wildman–Crippen MR) is 142 cm³/mol. The Bertz CT molecular complexity index is 1010. The molecule has 36 heavy (non-hydrogen) atoms. The normalized spacial score (nSPS) is 17.7. The van der Waals surface area contributed by atoms with Gasteiger partial charge in [-0.1, -0.05) is 38.0 Å². The van der Waals surface area contributed by atoms with Gasteiger partial charge in [-0.2, -0.15) is 0 Å². The minimum absolute atomic E-state index is 0.0640. The maximum Gasteiger partial charge on any atom is 0.338 e. The van der Waals surface area contributed by atoms with Crippen molar-refractivity contribution in [2.75, 3.05) is 24.7 Å². The van der Waals surface area contributed by atoms with E-state index >= 15 is 0 Å². The van der Waals surface area contributed by atoms with Crippen molar-refractivity contribution in [2.24, 2.45) is 0 Å². The highest BCUT2D eigenvalue weighted by Crippen LogP contribution is 2.25. The number of unbranched alkanes of at least 4 members (excludes halogenated alkanes) is 2. The second kappa shape index (κ2) is 14.3. The van der Waals surface area contributed by atoms with Gasteiger partial charge in [0.2, 0.25) is 0 Å². The summed E-state index contributed by atoms with van der Waals surface area (Å²) in [7, 11) is 0. The van der Waals surface area contributed by atoms with Crippen molar-refractivity contribution in [1.82, 2.24) is 0 Å². The van der Waals surface area contributed by atoms with Crippen molar-refractivity contribution >= 4 is 29.4 Å². The Morgan fingerprint density at radius 3 is 2.36 bits per heavy atom. The predicted octanol–water partition coefficient (Wildman–Crippen LogP) is 5.32. The van der Waals surface area contributed by atoms with Crippen LogP contribution in [0, 0.1) is 0 Å². The molecule has 4 N–H and O–H groups in total. The van der Waals surface area contributed by atoms with Gasteiger partial charge < -0.3 is 25.7 Å². The van der Waals surface area contributed by atoms with Crippen LogP contribution in [0.15, 0.2) is 48.5 Å². The third-order valence-electron chi connectivity index (χ3n) is 6.34. The lowest BCUT2D eigenvalue weighted by Crippen LogP contribution is -2.28. The highest BCUT2D eigenvalue weighted by atomic mass is 16.5. The van der Waals surface area contributed by atoms with E-state index in [4.69, 9.17) is 25.7 Å². The van der Waals surface area contributed by atoms with E-state index in [0.29, 0.717) is 23.4 Å². The van der Waals surface area contributed by atoms with Gasteiger partial charge in [0.05, 0.1) is 18.3 Å². The van der Waals surface area contributed by atoms with Crippen molar-refractivity contribution < 1.29 is 23.8 Å². The summed E-state index contributed by atoms with van der Waals surface area (Å²) in [5.41, 5.74) is 14.9. The van der Waals surface area contributed by atoms with Crippen LogP contribution < -0.4 is 11.5 Å². The molecule has 7 nitrogen and oxygen atoms in total. The number of carbonyl (C=O) groups is 2. The minimum atomic E-state index is -0.447. The zero-order chi connectivity index (χ0) is 25.8. The summed E-state index contributed by atoms with van der Waals surface area (Å²) < 4.78 is 16.9. The number of rotatable bonds is 12. The van der Waals surface area contributed by atoms with E-state index in [0.717, 1.165) is 49.8 Å². The Morgan fingerprint density at radius 2 is 1.67 bits per heavy atom. The lowest BCUT2D eigenvalue weighted by molar-refractivity contribution is -0.137. The number of anilines is 2. The number of esters is 2. The molecule has 0 heterocycles. The van der Waals surface area contributed by atoms with Crippen LogP contribution in [-0.2, 0) is 25.4 Å². The smallest absolute Gasteiger partial charge is 0.338 e. The molecule has 7 heteroatoms. The average molecular weight is 495 g/mol. The summed E-state index contributed by atoms with van der Waals surface area (Å²) in [4.78, 5) is 24.5. The number of hydrogen-bond donors (Lipinski definition) is 2. The number of nitrogen functional groups attached to an aromatic ring is 2. The number of nitrogens with two attached hydrogens (primary N) is 2. The third-order valence-corrected chi connectivity index (χ3v) is 6.34. The molecule has 0 atom stereocenters. The minimum Gasteiger partial charge on any atom is -0.462 e. The van der Waals surface area contributed by atoms with Crippen molar-refractivity contribution in [3.63, 3.8) is 0 Å². The Morgan fingerprint density at radius 1 is 0.944 bits per heavy atom. The van der Waals surface area contributed by atoms with Crippen molar-refractivity contribution in [3.8, 4) is 0 Å². The first kappa shape index (κ1) is 27.3. The lowest BCUT2D eigenvalue weighted by atomic mass is 9.95. The molecule has 0 radical (unpaired) electrons. The Balaban J connectivity index is 1.37. The monoisotopic (exact) mass is 494 g/mol. The van der Waals surface area contributed by atoms with Crippen LogP contribution in [0.3, 0.4) is 0 Å². The average Bonchev–Trinajstić information content (AvgIpc) is 2.88. The first-order valence-corrected chi connectivity index (χ1v) is 12.9. The van der Waals surface area contributed by atoms with Gasteiger partial charge in [-0.3, -0.25) is 0 Å². The molecule has 1 aliphatic rings. The molecule has 3 rings (SSSR count). The topological polar surface area (TPSA) is 114 Å². The highest BCUT2D eigenvalue weighted by molar-refractivity contribution is 5.90. The van der Waals surface area contributed by atoms with Gasteiger partial charge in [0.25, 0.3) is 0 Å². The van der Waals surface area contributed by atoms with Crippen molar-refractivity contribution in [2.45, 2.75) is 70.5 Å². The Hall–Kier alpha value is -3.32. The van der Waals surface area contributed by atoms with Crippen LogP contribution in [0.25, 0.3) is 6.08 Å². The summed E-state index contributed by atoms with van der Waals surface area (Å²) in [5.74, 6) is -0.767. The van der Waals surface area contributed by atoms with E-state index in [-0.39, 0.29) is 24.8 Å². The molecule has 1 saturated carbocycles. The van der Waals surface area contributed by atoms with Gasteiger partial charge in [-0.15, -0.1) is 0 Å². The molecule has 0 amide bonds. The molecule has 194 valence electrons. The van der Waals surface area contributed by atoms with Gasteiger partial charge in [0.1, 0.15) is 6.10 Å². The van der Waals surface area contributed by atoms with Gasteiger partial charge in [-0.05, 0) is 73.6 Å². The SMILES string of the molecule is CCCCCOC1CCC(OC(=O)c2ccc(/C=C/C(=O)OCCc3ccc(N)cc3N)cc2)CC1. The largest absolute Gasteiger partial charge is 0.462 e. The van der Waals surface area contributed by atoms with Crippen LogP contribution in [0.2, 0.25) is 0 Å². The van der Waals surface area contributed by atoms with E-state index in [1.165, 1.54) is 18.9 Å². The van der Waals surface area contributed by atoms with Crippen LogP contribution in [0.1, 0.15) is 73.4 Å². The van der Waals surface area contributed by atoms with E-state index in [1.807, 2.05) is 6.07 Å². The zero-order valence-electron chi connectivity index (χ0n) is 21.1. The Kier molecular flexibility index (Phi) is 10.8. The number of hydrogen-bond acceptors (Lipinski definition) is 7. The van der Waals surface area contributed by atoms with Gasteiger partial charge in [-0.25, -0.2) is 9.59 Å². The number of benzene rings is 2. The third kappa shape index (κ3) is 9.04. The zero-order valence-corrected chi connectivity index (χ0v) is 21.1.